The van der Waals surface area contributed by atoms with Gasteiger partial charge in [-0.2, -0.15) is 0 Å². The average Bonchev–Trinajstić information content (AvgIpc) is 2.53. The van der Waals surface area contributed by atoms with Crippen molar-refractivity contribution in [3.8, 4) is 5.75 Å². The van der Waals surface area contributed by atoms with Crippen LogP contribution < -0.4 is 20.9 Å². The molecule has 0 saturated heterocycles. The highest BCUT2D eigenvalue weighted by molar-refractivity contribution is 5.77. The summed E-state index contributed by atoms with van der Waals surface area (Å²) < 4.78 is 5.45. The van der Waals surface area contributed by atoms with Gasteiger partial charge in [0.05, 0.1) is 0 Å². The maximum Gasteiger partial charge on any atom is 0.276 e. The van der Waals surface area contributed by atoms with Gasteiger partial charge in [-0.3, -0.25) is 15.6 Å². The predicted molar refractivity (Wildman–Crippen MR) is 87.2 cm³/mol. The molecule has 2 rings (SSSR count). The van der Waals surface area contributed by atoms with Crippen LogP contribution in [0.3, 0.4) is 0 Å². The Bertz CT molecular complexity index is 641. The lowest BCUT2D eigenvalue weighted by molar-refractivity contribution is -0.123. The Morgan fingerprint density at radius 2 is 1.73 bits per heavy atom. The van der Waals surface area contributed by atoms with Crippen LogP contribution in [0, 0.1) is 6.92 Å². The first-order valence-corrected chi connectivity index (χ1v) is 6.89. The van der Waals surface area contributed by atoms with E-state index in [1.54, 1.807) is 0 Å². The van der Waals surface area contributed by atoms with Crippen LogP contribution in [-0.2, 0) is 4.79 Å². The molecule has 114 valence electrons. The molecular weight excluding hydrogens is 278 g/mol. The van der Waals surface area contributed by atoms with Gasteiger partial charge in [-0.1, -0.05) is 43.0 Å². The molecule has 3 N–H and O–H groups in total. The van der Waals surface area contributed by atoms with Crippen LogP contribution in [0.4, 0.5) is 5.69 Å². The van der Waals surface area contributed by atoms with Crippen molar-refractivity contribution < 1.29 is 9.53 Å². The molecule has 22 heavy (non-hydrogen) atoms. The summed E-state index contributed by atoms with van der Waals surface area (Å²) >= 11 is 0. The van der Waals surface area contributed by atoms with Crippen molar-refractivity contribution in [1.82, 2.24) is 10.9 Å². The maximum absolute atomic E-state index is 11.7. The fraction of sp³-hybridized carbons (Fsp3) is 0.118. The van der Waals surface area contributed by atoms with Crippen LogP contribution in [0.15, 0.2) is 67.0 Å². The van der Waals surface area contributed by atoms with Crippen molar-refractivity contribution in [3.63, 3.8) is 0 Å². The van der Waals surface area contributed by atoms with Gasteiger partial charge in [0, 0.05) is 5.69 Å². The molecule has 0 unspecified atom stereocenters. The van der Waals surface area contributed by atoms with Gasteiger partial charge in [0.1, 0.15) is 11.6 Å². The largest absolute Gasteiger partial charge is 0.483 e. The summed E-state index contributed by atoms with van der Waals surface area (Å²) in [6.45, 7) is 5.63. The van der Waals surface area contributed by atoms with E-state index < -0.39 is 0 Å². The molecule has 2 aromatic rings. The van der Waals surface area contributed by atoms with E-state index >= 15 is 0 Å². The lowest BCUT2D eigenvalue weighted by Gasteiger charge is -2.13. The third-order valence-electron chi connectivity index (χ3n) is 2.87. The minimum atomic E-state index is -0.292. The summed E-state index contributed by atoms with van der Waals surface area (Å²) in [5.41, 5.74) is 7.08. The second-order valence-electron chi connectivity index (χ2n) is 4.70. The molecule has 0 radical (unpaired) electrons. The normalized spacial score (nSPS) is 9.68. The van der Waals surface area contributed by atoms with Crippen LogP contribution >= 0.6 is 0 Å². The highest BCUT2D eigenvalue weighted by atomic mass is 16.5. The van der Waals surface area contributed by atoms with Crippen LogP contribution in [0.2, 0.25) is 0 Å². The Balaban J connectivity index is 1.71. The van der Waals surface area contributed by atoms with Crippen molar-refractivity contribution in [3.05, 3.63) is 72.6 Å². The number of aryl methyl sites for hydroxylation is 1. The van der Waals surface area contributed by atoms with Crippen LogP contribution in [0.1, 0.15) is 5.56 Å². The van der Waals surface area contributed by atoms with Gasteiger partial charge in [0.15, 0.2) is 6.61 Å². The Morgan fingerprint density at radius 1 is 1.05 bits per heavy atom. The SMILES string of the molecule is C=C(NNC(=O)COc1ccccc1C)Nc1ccccc1. The summed E-state index contributed by atoms with van der Waals surface area (Å²) in [4.78, 5) is 11.7. The molecule has 0 saturated carbocycles. The van der Waals surface area contributed by atoms with E-state index in [-0.39, 0.29) is 12.5 Å². The number of hydrogen-bond acceptors (Lipinski definition) is 4. The molecule has 0 aliphatic carbocycles. The van der Waals surface area contributed by atoms with E-state index in [4.69, 9.17) is 4.74 Å². The first kappa shape index (κ1) is 15.4. The Labute approximate surface area is 130 Å². The van der Waals surface area contributed by atoms with E-state index in [1.807, 2.05) is 61.5 Å². The number of carbonyl (C=O) groups is 1. The predicted octanol–water partition coefficient (Wildman–Crippen LogP) is 2.58. The second-order valence-corrected chi connectivity index (χ2v) is 4.70. The summed E-state index contributed by atoms with van der Waals surface area (Å²) in [6.07, 6.45) is 0. The number of hydrogen-bond donors (Lipinski definition) is 3. The van der Waals surface area contributed by atoms with Crippen LogP contribution in [0.5, 0.6) is 5.75 Å². The van der Waals surface area contributed by atoms with E-state index in [2.05, 4.69) is 22.7 Å². The van der Waals surface area contributed by atoms with Gasteiger partial charge in [-0.25, -0.2) is 0 Å². The van der Waals surface area contributed by atoms with Crippen molar-refractivity contribution in [1.29, 1.82) is 0 Å². The number of amides is 1. The van der Waals surface area contributed by atoms with Crippen LogP contribution in [-0.4, -0.2) is 12.5 Å². The minimum Gasteiger partial charge on any atom is -0.483 e. The standard InChI is InChI=1S/C17H19N3O2/c1-13-8-6-7-11-16(13)22-12-17(21)20-19-14(2)18-15-9-4-3-5-10-15/h3-11,18-19H,2,12H2,1H3,(H,20,21). The number of anilines is 1. The number of carbonyl (C=O) groups excluding carboxylic acids is 1. The van der Waals surface area contributed by atoms with Crippen molar-refractivity contribution >= 4 is 11.6 Å². The fourth-order valence-electron chi connectivity index (χ4n) is 1.77. The van der Waals surface area contributed by atoms with E-state index in [1.165, 1.54) is 0 Å². The molecule has 0 fully saturated rings. The van der Waals surface area contributed by atoms with Crippen LogP contribution in [0.25, 0.3) is 0 Å². The highest BCUT2D eigenvalue weighted by Gasteiger charge is 2.04. The molecule has 1 amide bonds. The maximum atomic E-state index is 11.7. The smallest absolute Gasteiger partial charge is 0.276 e. The molecule has 0 bridgehead atoms. The van der Waals surface area contributed by atoms with Gasteiger partial charge in [-0.05, 0) is 30.7 Å². The number of hydrazine groups is 1. The zero-order valence-electron chi connectivity index (χ0n) is 12.4. The second kappa shape index (κ2) is 7.73. The summed E-state index contributed by atoms with van der Waals surface area (Å²) in [7, 11) is 0. The molecular formula is C17H19N3O2. The molecule has 0 aliphatic rings. The first-order chi connectivity index (χ1) is 10.6. The van der Waals surface area contributed by atoms with E-state index in [0.717, 1.165) is 11.3 Å². The monoisotopic (exact) mass is 297 g/mol. The third-order valence-corrected chi connectivity index (χ3v) is 2.87. The molecule has 0 atom stereocenters. The summed E-state index contributed by atoms with van der Waals surface area (Å²) in [5.74, 6) is 0.869. The number of rotatable bonds is 7. The number of nitrogens with one attached hydrogen (secondary N) is 3. The third kappa shape index (κ3) is 4.86. The quantitative estimate of drug-likeness (QED) is 0.687. The molecule has 0 spiro atoms. The zero-order chi connectivity index (χ0) is 15.8. The lowest BCUT2D eigenvalue weighted by atomic mass is 10.2. The van der Waals surface area contributed by atoms with Crippen molar-refractivity contribution in [2.45, 2.75) is 6.92 Å². The van der Waals surface area contributed by atoms with Crippen molar-refractivity contribution in [2.75, 3.05) is 11.9 Å². The zero-order valence-corrected chi connectivity index (χ0v) is 12.4. The van der Waals surface area contributed by atoms with Gasteiger partial charge < -0.3 is 10.1 Å². The number of ether oxygens (including phenoxy) is 1. The molecule has 2 aromatic carbocycles. The first-order valence-electron chi connectivity index (χ1n) is 6.89. The average molecular weight is 297 g/mol. The van der Waals surface area contributed by atoms with Gasteiger partial charge in [0.2, 0.25) is 0 Å². The Hall–Kier alpha value is -2.95. The molecule has 0 heterocycles. The Kier molecular flexibility index (Phi) is 5.43. The molecule has 5 heteroatoms. The minimum absolute atomic E-state index is 0.0729. The number of benzene rings is 2. The topological polar surface area (TPSA) is 62.4 Å². The van der Waals surface area contributed by atoms with Gasteiger partial charge >= 0.3 is 0 Å². The van der Waals surface area contributed by atoms with E-state index in [9.17, 15) is 4.79 Å². The van der Waals surface area contributed by atoms with Crippen molar-refractivity contribution in [2.24, 2.45) is 0 Å². The molecule has 0 aliphatic heterocycles. The Morgan fingerprint density at radius 3 is 2.45 bits per heavy atom. The van der Waals surface area contributed by atoms with Gasteiger partial charge in [0.25, 0.3) is 5.91 Å². The summed E-state index contributed by atoms with van der Waals surface area (Å²) in [5, 5.41) is 3.02. The van der Waals surface area contributed by atoms with Gasteiger partial charge in [-0.15, -0.1) is 0 Å². The molecule has 0 aromatic heterocycles. The molecule has 5 nitrogen and oxygen atoms in total. The summed E-state index contributed by atoms with van der Waals surface area (Å²) in [6, 6.07) is 17.1. The van der Waals surface area contributed by atoms with E-state index in [0.29, 0.717) is 11.6 Å². The number of para-hydroxylation sites is 2. The fourth-order valence-corrected chi connectivity index (χ4v) is 1.77. The highest BCUT2D eigenvalue weighted by Crippen LogP contribution is 2.15. The lowest BCUT2D eigenvalue weighted by Crippen LogP contribution is -2.41.